The van der Waals surface area contributed by atoms with Gasteiger partial charge in [0.25, 0.3) is 0 Å². The SMILES string of the molecule is CCc1cc(CNCC(C)(C)CCO)n(CC)n1. The minimum absolute atomic E-state index is 0.138. The first-order valence-corrected chi connectivity index (χ1v) is 6.89. The minimum atomic E-state index is 0.138. The number of aryl methyl sites for hydroxylation is 2. The summed E-state index contributed by atoms with van der Waals surface area (Å²) in [5, 5.41) is 17.0. The summed E-state index contributed by atoms with van der Waals surface area (Å²) in [5.41, 5.74) is 2.54. The third-order valence-electron chi connectivity index (χ3n) is 3.27. The molecule has 4 nitrogen and oxygen atoms in total. The largest absolute Gasteiger partial charge is 0.396 e. The highest BCUT2D eigenvalue weighted by Gasteiger charge is 2.16. The zero-order valence-electron chi connectivity index (χ0n) is 12.2. The van der Waals surface area contributed by atoms with Crippen LogP contribution in [-0.2, 0) is 19.5 Å². The summed E-state index contributed by atoms with van der Waals surface area (Å²) in [6.07, 6.45) is 1.81. The van der Waals surface area contributed by atoms with Crippen molar-refractivity contribution in [2.45, 2.75) is 53.6 Å². The Morgan fingerprint density at radius 3 is 2.67 bits per heavy atom. The van der Waals surface area contributed by atoms with E-state index in [1.165, 1.54) is 5.69 Å². The standard InChI is InChI=1S/C14H27N3O/c1-5-12-9-13(17(6-2)16-12)10-15-11-14(3,4)7-8-18/h9,15,18H,5-8,10-11H2,1-4H3. The van der Waals surface area contributed by atoms with Gasteiger partial charge >= 0.3 is 0 Å². The van der Waals surface area contributed by atoms with Crippen LogP contribution in [0, 0.1) is 5.41 Å². The molecule has 0 spiro atoms. The summed E-state index contributed by atoms with van der Waals surface area (Å²) in [5.74, 6) is 0. The second-order valence-corrected chi connectivity index (χ2v) is 5.54. The zero-order valence-corrected chi connectivity index (χ0v) is 12.2. The van der Waals surface area contributed by atoms with Crippen molar-refractivity contribution in [1.29, 1.82) is 0 Å². The molecule has 0 amide bonds. The Bertz CT molecular complexity index is 358. The van der Waals surface area contributed by atoms with Crippen molar-refractivity contribution in [3.8, 4) is 0 Å². The monoisotopic (exact) mass is 253 g/mol. The second-order valence-electron chi connectivity index (χ2n) is 5.54. The number of nitrogens with zero attached hydrogens (tertiary/aromatic N) is 2. The van der Waals surface area contributed by atoms with E-state index in [2.05, 4.69) is 48.9 Å². The average Bonchev–Trinajstić information content (AvgIpc) is 2.71. The van der Waals surface area contributed by atoms with Crippen LogP contribution in [0.2, 0.25) is 0 Å². The molecule has 18 heavy (non-hydrogen) atoms. The molecule has 0 fully saturated rings. The topological polar surface area (TPSA) is 50.1 Å². The fourth-order valence-electron chi connectivity index (χ4n) is 2.02. The first-order valence-electron chi connectivity index (χ1n) is 6.89. The van der Waals surface area contributed by atoms with E-state index in [1.807, 2.05) is 0 Å². The van der Waals surface area contributed by atoms with Crippen LogP contribution in [0.1, 0.15) is 45.5 Å². The van der Waals surface area contributed by atoms with E-state index in [1.54, 1.807) is 0 Å². The molecule has 0 atom stereocenters. The lowest BCUT2D eigenvalue weighted by atomic mass is 9.90. The molecule has 0 aliphatic rings. The van der Waals surface area contributed by atoms with Crippen LogP contribution in [0.4, 0.5) is 0 Å². The maximum absolute atomic E-state index is 8.99. The molecule has 0 aliphatic carbocycles. The van der Waals surface area contributed by atoms with Crippen LogP contribution in [0.3, 0.4) is 0 Å². The van der Waals surface area contributed by atoms with Gasteiger partial charge in [-0.05, 0) is 31.2 Å². The molecule has 104 valence electrons. The highest BCUT2D eigenvalue weighted by atomic mass is 16.3. The highest BCUT2D eigenvalue weighted by molar-refractivity contribution is 5.10. The summed E-state index contributed by atoms with van der Waals surface area (Å²) in [6.45, 7) is 11.5. The van der Waals surface area contributed by atoms with Crippen LogP contribution in [0.15, 0.2) is 6.07 Å². The highest BCUT2D eigenvalue weighted by Crippen LogP contribution is 2.18. The maximum Gasteiger partial charge on any atom is 0.0625 e. The van der Waals surface area contributed by atoms with Gasteiger partial charge in [-0.25, -0.2) is 0 Å². The van der Waals surface area contributed by atoms with E-state index in [4.69, 9.17) is 5.11 Å². The van der Waals surface area contributed by atoms with Crippen LogP contribution in [-0.4, -0.2) is 28.0 Å². The summed E-state index contributed by atoms with van der Waals surface area (Å²) in [6, 6.07) is 2.18. The first-order chi connectivity index (χ1) is 8.52. The molecule has 0 aliphatic heterocycles. The van der Waals surface area contributed by atoms with Crippen LogP contribution in [0.25, 0.3) is 0 Å². The third kappa shape index (κ3) is 4.42. The molecule has 0 radical (unpaired) electrons. The van der Waals surface area contributed by atoms with E-state index in [-0.39, 0.29) is 12.0 Å². The molecule has 1 aromatic heterocycles. The molecular weight excluding hydrogens is 226 g/mol. The van der Waals surface area contributed by atoms with Gasteiger partial charge < -0.3 is 10.4 Å². The molecular formula is C14H27N3O. The Balaban J connectivity index is 2.50. The summed E-state index contributed by atoms with van der Waals surface area (Å²) in [4.78, 5) is 0. The van der Waals surface area contributed by atoms with Crippen molar-refractivity contribution in [2.24, 2.45) is 5.41 Å². The van der Waals surface area contributed by atoms with Crippen molar-refractivity contribution in [3.05, 3.63) is 17.5 Å². The van der Waals surface area contributed by atoms with Gasteiger partial charge in [0.1, 0.15) is 0 Å². The number of hydrogen-bond donors (Lipinski definition) is 2. The number of rotatable bonds is 8. The summed E-state index contributed by atoms with van der Waals surface area (Å²) < 4.78 is 2.06. The Kier molecular flexibility index (Phi) is 5.82. The number of aromatic nitrogens is 2. The lowest BCUT2D eigenvalue weighted by Gasteiger charge is -2.24. The Labute approximate surface area is 110 Å². The van der Waals surface area contributed by atoms with E-state index in [0.29, 0.717) is 0 Å². The van der Waals surface area contributed by atoms with E-state index < -0.39 is 0 Å². The smallest absolute Gasteiger partial charge is 0.0625 e. The van der Waals surface area contributed by atoms with Crippen molar-refractivity contribution < 1.29 is 5.11 Å². The van der Waals surface area contributed by atoms with Gasteiger partial charge in [-0.15, -0.1) is 0 Å². The van der Waals surface area contributed by atoms with Crippen molar-refractivity contribution in [2.75, 3.05) is 13.2 Å². The van der Waals surface area contributed by atoms with Crippen molar-refractivity contribution >= 4 is 0 Å². The average molecular weight is 253 g/mol. The predicted octanol–water partition coefficient (Wildman–Crippen LogP) is 1.96. The molecule has 1 rings (SSSR count). The maximum atomic E-state index is 8.99. The van der Waals surface area contributed by atoms with E-state index in [9.17, 15) is 0 Å². The van der Waals surface area contributed by atoms with Crippen molar-refractivity contribution in [1.82, 2.24) is 15.1 Å². The molecule has 0 unspecified atom stereocenters. The Hall–Kier alpha value is -0.870. The minimum Gasteiger partial charge on any atom is -0.396 e. The van der Waals surface area contributed by atoms with E-state index in [0.717, 1.165) is 38.2 Å². The quantitative estimate of drug-likeness (QED) is 0.744. The third-order valence-corrected chi connectivity index (χ3v) is 3.27. The number of aliphatic hydroxyl groups excluding tert-OH is 1. The lowest BCUT2D eigenvalue weighted by molar-refractivity contribution is 0.206. The van der Waals surface area contributed by atoms with Gasteiger partial charge in [-0.1, -0.05) is 20.8 Å². The first kappa shape index (κ1) is 15.2. The fourth-order valence-corrected chi connectivity index (χ4v) is 2.02. The normalized spacial score (nSPS) is 12.1. The van der Waals surface area contributed by atoms with Crippen LogP contribution in [0.5, 0.6) is 0 Å². The van der Waals surface area contributed by atoms with Gasteiger partial charge in [0.05, 0.1) is 11.4 Å². The van der Waals surface area contributed by atoms with Gasteiger partial charge in [-0.2, -0.15) is 5.10 Å². The molecule has 2 N–H and O–H groups in total. The van der Waals surface area contributed by atoms with Crippen LogP contribution >= 0.6 is 0 Å². The molecule has 0 aromatic carbocycles. The Morgan fingerprint density at radius 1 is 1.39 bits per heavy atom. The molecule has 0 saturated heterocycles. The predicted molar refractivity (Wildman–Crippen MR) is 74.5 cm³/mol. The van der Waals surface area contributed by atoms with Gasteiger partial charge in [0, 0.05) is 26.2 Å². The fraction of sp³-hybridized carbons (Fsp3) is 0.786. The molecule has 0 saturated carbocycles. The van der Waals surface area contributed by atoms with Gasteiger partial charge in [-0.3, -0.25) is 4.68 Å². The zero-order chi connectivity index (χ0) is 13.6. The van der Waals surface area contributed by atoms with Crippen molar-refractivity contribution in [3.63, 3.8) is 0 Å². The molecule has 4 heteroatoms. The lowest BCUT2D eigenvalue weighted by Crippen LogP contribution is -2.30. The summed E-state index contributed by atoms with van der Waals surface area (Å²) >= 11 is 0. The number of nitrogens with one attached hydrogen (secondary N) is 1. The van der Waals surface area contributed by atoms with Gasteiger partial charge in [0.15, 0.2) is 0 Å². The summed E-state index contributed by atoms with van der Waals surface area (Å²) in [7, 11) is 0. The number of hydrogen-bond acceptors (Lipinski definition) is 3. The van der Waals surface area contributed by atoms with Crippen LogP contribution < -0.4 is 5.32 Å². The number of aliphatic hydroxyl groups is 1. The van der Waals surface area contributed by atoms with Gasteiger partial charge in [0.2, 0.25) is 0 Å². The van der Waals surface area contributed by atoms with E-state index >= 15 is 0 Å². The molecule has 1 heterocycles. The second kappa shape index (κ2) is 6.90. The molecule has 0 bridgehead atoms. The molecule has 1 aromatic rings. The Morgan fingerprint density at radius 2 is 2.11 bits per heavy atom.